The van der Waals surface area contributed by atoms with Gasteiger partial charge in [0.1, 0.15) is 5.82 Å². The van der Waals surface area contributed by atoms with Gasteiger partial charge in [-0.25, -0.2) is 4.39 Å². The molecule has 0 spiro atoms. The number of rotatable bonds is 4. The van der Waals surface area contributed by atoms with Gasteiger partial charge in [0, 0.05) is 22.3 Å². The van der Waals surface area contributed by atoms with Gasteiger partial charge in [-0.05, 0) is 24.6 Å². The van der Waals surface area contributed by atoms with Crippen molar-refractivity contribution in [1.29, 1.82) is 0 Å². The van der Waals surface area contributed by atoms with Gasteiger partial charge in [-0.1, -0.05) is 36.4 Å². The van der Waals surface area contributed by atoms with Crippen LogP contribution in [0.5, 0.6) is 0 Å². The summed E-state index contributed by atoms with van der Waals surface area (Å²) in [4.78, 5) is 0.925. The molecule has 0 heterocycles. The minimum atomic E-state index is -0.288. The van der Waals surface area contributed by atoms with E-state index in [0.717, 1.165) is 10.6 Å². The third kappa shape index (κ3) is 3.12. The molecular formula is C15H16FNS. The van der Waals surface area contributed by atoms with Gasteiger partial charge in [0.05, 0.1) is 0 Å². The summed E-state index contributed by atoms with van der Waals surface area (Å²) < 4.78 is 13.7. The summed E-state index contributed by atoms with van der Waals surface area (Å²) in [6, 6.07) is 15.0. The molecule has 1 nitrogen and oxygen atoms in total. The van der Waals surface area contributed by atoms with Crippen molar-refractivity contribution < 1.29 is 4.39 Å². The van der Waals surface area contributed by atoms with E-state index in [1.54, 1.807) is 17.8 Å². The zero-order valence-electron chi connectivity index (χ0n) is 10.3. The van der Waals surface area contributed by atoms with Crippen LogP contribution in [0, 0.1) is 5.82 Å². The van der Waals surface area contributed by atoms with Crippen molar-refractivity contribution in [2.45, 2.75) is 23.6 Å². The lowest BCUT2D eigenvalue weighted by atomic mass is 10.1. The van der Waals surface area contributed by atoms with Gasteiger partial charge < -0.3 is 5.73 Å². The van der Waals surface area contributed by atoms with Crippen LogP contribution in [0.3, 0.4) is 0 Å². The Hall–Kier alpha value is -1.32. The molecule has 1 atom stereocenters. The normalized spacial score (nSPS) is 12.4. The van der Waals surface area contributed by atoms with Crippen LogP contribution in [0.1, 0.15) is 24.1 Å². The molecule has 94 valence electrons. The molecule has 0 radical (unpaired) electrons. The third-order valence-corrected chi connectivity index (χ3v) is 3.85. The molecule has 18 heavy (non-hydrogen) atoms. The molecule has 2 N–H and O–H groups in total. The average molecular weight is 261 g/mol. The molecule has 0 aromatic heterocycles. The van der Waals surface area contributed by atoms with E-state index in [0.29, 0.717) is 5.56 Å². The molecule has 0 amide bonds. The summed E-state index contributed by atoms with van der Waals surface area (Å²) >= 11 is 1.62. The van der Waals surface area contributed by atoms with Crippen LogP contribution in [0.15, 0.2) is 53.4 Å². The minimum Gasteiger partial charge on any atom is -0.324 e. The second-order valence-corrected chi connectivity index (χ2v) is 5.23. The highest BCUT2D eigenvalue weighted by Crippen LogP contribution is 2.30. The molecule has 0 aliphatic heterocycles. The van der Waals surface area contributed by atoms with Crippen LogP contribution in [0.2, 0.25) is 0 Å². The van der Waals surface area contributed by atoms with E-state index < -0.39 is 0 Å². The quantitative estimate of drug-likeness (QED) is 0.837. The molecular weight excluding hydrogens is 245 g/mol. The summed E-state index contributed by atoms with van der Waals surface area (Å²) in [5.74, 6) is 0.604. The monoisotopic (exact) mass is 261 g/mol. The summed E-state index contributed by atoms with van der Waals surface area (Å²) in [6.07, 6.45) is 0. The molecule has 2 aromatic rings. The lowest BCUT2D eigenvalue weighted by molar-refractivity contribution is 0.585. The summed E-state index contributed by atoms with van der Waals surface area (Å²) in [7, 11) is 0. The van der Waals surface area contributed by atoms with Crippen molar-refractivity contribution in [1.82, 2.24) is 0 Å². The SMILES string of the molecule is C[C@@H](N)c1c(F)cccc1SCc1ccccc1. The number of hydrogen-bond donors (Lipinski definition) is 1. The van der Waals surface area contributed by atoms with Gasteiger partial charge in [-0.2, -0.15) is 0 Å². The van der Waals surface area contributed by atoms with Crippen LogP contribution >= 0.6 is 11.8 Å². The highest BCUT2D eigenvalue weighted by molar-refractivity contribution is 7.98. The fourth-order valence-electron chi connectivity index (χ4n) is 1.82. The Labute approximate surface area is 111 Å². The standard InChI is InChI=1S/C15H16FNS/c1-11(17)15-13(16)8-5-9-14(15)18-10-12-6-3-2-4-7-12/h2-9,11H,10,17H2,1H3/t11-/m1/s1. The van der Waals surface area contributed by atoms with Crippen LogP contribution < -0.4 is 5.73 Å². The minimum absolute atomic E-state index is 0.219. The van der Waals surface area contributed by atoms with Gasteiger partial charge in [-0.15, -0.1) is 11.8 Å². The molecule has 0 fully saturated rings. The van der Waals surface area contributed by atoms with Crippen molar-refractivity contribution in [2.75, 3.05) is 0 Å². The number of thioether (sulfide) groups is 1. The third-order valence-electron chi connectivity index (χ3n) is 2.71. The highest BCUT2D eigenvalue weighted by Gasteiger charge is 2.12. The predicted molar refractivity (Wildman–Crippen MR) is 75.0 cm³/mol. The maximum Gasteiger partial charge on any atom is 0.129 e. The van der Waals surface area contributed by atoms with Crippen molar-refractivity contribution in [3.05, 3.63) is 65.5 Å². The molecule has 0 saturated carbocycles. The fourth-order valence-corrected chi connectivity index (χ4v) is 2.95. The van der Waals surface area contributed by atoms with Crippen molar-refractivity contribution >= 4 is 11.8 Å². The van der Waals surface area contributed by atoms with Crippen LogP contribution in [-0.4, -0.2) is 0 Å². The first-order chi connectivity index (χ1) is 8.68. The van der Waals surface area contributed by atoms with Crippen LogP contribution in [0.25, 0.3) is 0 Å². The first kappa shape index (κ1) is 13.1. The van der Waals surface area contributed by atoms with Gasteiger partial charge in [-0.3, -0.25) is 0 Å². The Kier molecular flexibility index (Phi) is 4.39. The molecule has 0 bridgehead atoms. The van der Waals surface area contributed by atoms with Crippen LogP contribution in [0.4, 0.5) is 4.39 Å². The molecule has 0 aliphatic rings. The second-order valence-electron chi connectivity index (χ2n) is 4.21. The van der Waals surface area contributed by atoms with Crippen molar-refractivity contribution in [3.8, 4) is 0 Å². The lowest BCUT2D eigenvalue weighted by Crippen LogP contribution is -2.09. The topological polar surface area (TPSA) is 26.0 Å². The Morgan fingerprint density at radius 2 is 1.83 bits per heavy atom. The molecule has 0 unspecified atom stereocenters. The van der Waals surface area contributed by atoms with Gasteiger partial charge >= 0.3 is 0 Å². The van der Waals surface area contributed by atoms with Gasteiger partial charge in [0.25, 0.3) is 0 Å². The molecule has 0 saturated heterocycles. The fraction of sp³-hybridized carbons (Fsp3) is 0.200. The maximum absolute atomic E-state index is 13.7. The number of nitrogens with two attached hydrogens (primary N) is 1. The summed E-state index contributed by atoms with van der Waals surface area (Å²) in [5, 5.41) is 0. The summed E-state index contributed by atoms with van der Waals surface area (Å²) in [6.45, 7) is 1.81. The van der Waals surface area contributed by atoms with E-state index in [1.807, 2.05) is 31.2 Å². The molecule has 0 aliphatic carbocycles. The lowest BCUT2D eigenvalue weighted by Gasteiger charge is -2.13. The highest BCUT2D eigenvalue weighted by atomic mass is 32.2. The Morgan fingerprint density at radius 1 is 1.11 bits per heavy atom. The largest absolute Gasteiger partial charge is 0.324 e. The number of benzene rings is 2. The van der Waals surface area contributed by atoms with E-state index in [-0.39, 0.29) is 11.9 Å². The van der Waals surface area contributed by atoms with Gasteiger partial charge in [0.15, 0.2) is 0 Å². The Morgan fingerprint density at radius 3 is 2.50 bits per heavy atom. The first-order valence-electron chi connectivity index (χ1n) is 5.89. The molecule has 3 heteroatoms. The van der Waals surface area contributed by atoms with Crippen molar-refractivity contribution in [2.24, 2.45) is 5.73 Å². The van der Waals surface area contributed by atoms with Crippen molar-refractivity contribution in [3.63, 3.8) is 0 Å². The van der Waals surface area contributed by atoms with E-state index in [4.69, 9.17) is 5.73 Å². The smallest absolute Gasteiger partial charge is 0.129 e. The predicted octanol–water partition coefficient (Wildman–Crippen LogP) is 4.14. The van der Waals surface area contributed by atoms with Gasteiger partial charge in [0.2, 0.25) is 0 Å². The summed E-state index contributed by atoms with van der Waals surface area (Å²) in [5.41, 5.74) is 7.67. The molecule has 2 aromatic carbocycles. The van der Waals surface area contributed by atoms with E-state index in [9.17, 15) is 4.39 Å². The van der Waals surface area contributed by atoms with Crippen LogP contribution in [-0.2, 0) is 5.75 Å². The zero-order chi connectivity index (χ0) is 13.0. The van der Waals surface area contributed by atoms with E-state index in [1.165, 1.54) is 11.6 Å². The average Bonchev–Trinajstić information content (AvgIpc) is 2.37. The first-order valence-corrected chi connectivity index (χ1v) is 6.87. The number of halogens is 1. The number of hydrogen-bond acceptors (Lipinski definition) is 2. The van der Waals surface area contributed by atoms with E-state index >= 15 is 0 Å². The van der Waals surface area contributed by atoms with E-state index in [2.05, 4.69) is 12.1 Å². The maximum atomic E-state index is 13.7. The Bertz CT molecular complexity index is 511. The zero-order valence-corrected chi connectivity index (χ0v) is 11.1. The molecule has 2 rings (SSSR count). The second kappa shape index (κ2) is 6.03. The Balaban J connectivity index is 2.17.